The summed E-state index contributed by atoms with van der Waals surface area (Å²) in [5.74, 6) is 0. The number of benzene rings is 9. The first-order valence-corrected chi connectivity index (χ1v) is 15.8. The Hall–Kier alpha value is -6.44. The Labute approximate surface area is 302 Å². The van der Waals surface area contributed by atoms with E-state index in [2.05, 4.69) is 12.1 Å². The molecule has 1 nitrogen and oxygen atoms in total. The van der Waals surface area contributed by atoms with Crippen LogP contribution in [0.15, 0.2) is 186 Å². The van der Waals surface area contributed by atoms with Crippen molar-refractivity contribution in [2.75, 3.05) is 0 Å². The molecule has 228 valence electrons. The average molecular weight is 636 g/mol. The highest BCUT2D eigenvalue weighted by atomic mass is 16.3. The Balaban J connectivity index is 1.19. The summed E-state index contributed by atoms with van der Waals surface area (Å²) in [5, 5.41) is 7.01. The van der Waals surface area contributed by atoms with Gasteiger partial charge in [0.05, 0.1) is 17.8 Å². The van der Waals surface area contributed by atoms with Gasteiger partial charge in [0.1, 0.15) is 11.2 Å². The lowest BCUT2D eigenvalue weighted by molar-refractivity contribution is 0.669. The first-order chi connectivity index (χ1) is 29.7. The summed E-state index contributed by atoms with van der Waals surface area (Å²) in [6, 6.07) is 24.8. The molecule has 1 heteroatoms. The van der Waals surface area contributed by atoms with Crippen molar-refractivity contribution in [1.82, 2.24) is 0 Å². The molecule has 0 radical (unpaired) electrons. The third-order valence-corrected chi connectivity index (χ3v) is 9.06. The highest BCUT2D eigenvalue weighted by Gasteiger charge is 2.18. The van der Waals surface area contributed by atoms with E-state index < -0.39 is 101 Å². The van der Waals surface area contributed by atoms with Crippen LogP contribution in [0.25, 0.3) is 98.8 Å². The molecule has 9 aromatic carbocycles. The van der Waals surface area contributed by atoms with E-state index in [1.54, 1.807) is 0 Å². The number of fused-ring (bicyclic) bond motifs is 6. The van der Waals surface area contributed by atoms with Crippen LogP contribution in [0.2, 0.25) is 0 Å². The van der Waals surface area contributed by atoms with E-state index in [0.29, 0.717) is 21.9 Å². The van der Waals surface area contributed by atoms with Gasteiger partial charge in [0.2, 0.25) is 0 Å². The van der Waals surface area contributed by atoms with E-state index in [4.69, 9.17) is 16.8 Å². The topological polar surface area (TPSA) is 13.1 Å². The van der Waals surface area contributed by atoms with Gasteiger partial charge in [0.15, 0.2) is 0 Å². The van der Waals surface area contributed by atoms with E-state index in [9.17, 15) is 5.48 Å². The van der Waals surface area contributed by atoms with Crippen LogP contribution in [0.1, 0.15) is 17.8 Å². The van der Waals surface area contributed by atoms with Crippen molar-refractivity contribution in [2.45, 2.75) is 0 Å². The SMILES string of the molecule is [2H]c1c([2H])c([2H])c(-c2c([2H])c([2H])c(-c3c([2H])c([2H])c(-c4c5ccccc5c(-c5ccc6c(c5)oc5cc7ccccc7cc56)c5ccccc45)c([2H])c3[2H])c([2H])c2[2H])c([2H])c1[2H]. The van der Waals surface area contributed by atoms with Crippen LogP contribution in [0.5, 0.6) is 0 Å². The lowest BCUT2D eigenvalue weighted by Gasteiger charge is -2.18. The maximum Gasteiger partial charge on any atom is 0.136 e. The summed E-state index contributed by atoms with van der Waals surface area (Å²) < 4.78 is 121. The second-order valence-electron chi connectivity index (χ2n) is 11.8. The normalized spacial score (nSPS) is 15.4. The molecular formula is C48H30O. The van der Waals surface area contributed by atoms with Crippen LogP contribution < -0.4 is 0 Å². The molecule has 0 aliphatic rings. The van der Waals surface area contributed by atoms with Crippen molar-refractivity contribution in [3.05, 3.63) is 182 Å². The average Bonchev–Trinajstić information content (AvgIpc) is 3.63. The van der Waals surface area contributed by atoms with Crippen molar-refractivity contribution in [3.8, 4) is 44.5 Å². The van der Waals surface area contributed by atoms with Crippen LogP contribution in [-0.2, 0) is 0 Å². The fourth-order valence-corrected chi connectivity index (χ4v) is 6.83. The molecular weight excluding hydrogens is 593 g/mol. The Bertz CT molecular complexity index is 3490. The molecule has 49 heavy (non-hydrogen) atoms. The van der Waals surface area contributed by atoms with Crippen LogP contribution in [0.4, 0.5) is 0 Å². The maximum atomic E-state index is 9.45. The molecule has 0 saturated carbocycles. The summed E-state index contributed by atoms with van der Waals surface area (Å²) in [6.45, 7) is 0. The lowest BCUT2D eigenvalue weighted by atomic mass is 9.85. The fourth-order valence-electron chi connectivity index (χ4n) is 6.83. The van der Waals surface area contributed by atoms with Gasteiger partial charge in [-0.15, -0.1) is 0 Å². The first kappa shape index (κ1) is 17.6. The zero-order valence-corrected chi connectivity index (χ0v) is 25.7. The van der Waals surface area contributed by atoms with Crippen molar-refractivity contribution >= 4 is 54.3 Å². The van der Waals surface area contributed by atoms with Gasteiger partial charge in [0, 0.05) is 10.8 Å². The molecule has 0 bridgehead atoms. The Kier molecular flexibility index (Phi) is 3.99. The Morgan fingerprint density at radius 2 is 0.776 bits per heavy atom. The highest BCUT2D eigenvalue weighted by molar-refractivity contribution is 6.22. The molecule has 1 aromatic heterocycles. The van der Waals surface area contributed by atoms with Crippen molar-refractivity contribution < 1.29 is 22.2 Å². The molecule has 0 N–H and O–H groups in total. The third-order valence-electron chi connectivity index (χ3n) is 9.06. The summed E-state index contributed by atoms with van der Waals surface area (Å²) >= 11 is 0. The summed E-state index contributed by atoms with van der Waals surface area (Å²) in [7, 11) is 0. The van der Waals surface area contributed by atoms with E-state index in [-0.39, 0.29) is 5.56 Å². The predicted molar refractivity (Wildman–Crippen MR) is 208 cm³/mol. The molecule has 0 aliphatic heterocycles. The molecule has 0 fully saturated rings. The minimum Gasteiger partial charge on any atom is -0.456 e. The molecule has 10 aromatic rings. The second-order valence-corrected chi connectivity index (χ2v) is 11.8. The number of rotatable bonds is 4. The van der Waals surface area contributed by atoms with Gasteiger partial charge in [-0.3, -0.25) is 0 Å². The van der Waals surface area contributed by atoms with Gasteiger partial charge in [-0.25, -0.2) is 0 Å². The Morgan fingerprint density at radius 1 is 0.327 bits per heavy atom. The molecule has 0 saturated heterocycles. The van der Waals surface area contributed by atoms with Crippen LogP contribution in [0, 0.1) is 0 Å². The van der Waals surface area contributed by atoms with E-state index in [1.807, 2.05) is 91.0 Å². The van der Waals surface area contributed by atoms with Gasteiger partial charge >= 0.3 is 0 Å². The van der Waals surface area contributed by atoms with Crippen LogP contribution in [-0.4, -0.2) is 0 Å². The maximum absolute atomic E-state index is 9.45. The second kappa shape index (κ2) is 11.1. The van der Waals surface area contributed by atoms with Gasteiger partial charge in [-0.1, -0.05) is 157 Å². The fraction of sp³-hybridized carbons (Fsp3) is 0. The summed E-state index contributed by atoms with van der Waals surface area (Å²) in [4.78, 5) is 0. The summed E-state index contributed by atoms with van der Waals surface area (Å²) in [5.41, 5.74) is 1.59. The largest absolute Gasteiger partial charge is 0.456 e. The standard InChI is InChI=1S/C48H30O/c1-2-10-31(11-3-1)32-18-20-33(21-19-32)34-22-24-35(25-23-34)47-40-14-6-8-16-42(40)48(43-17-9-7-15-41(43)47)38-26-27-39-44-28-36-12-4-5-13-37(36)29-46(44)49-45(39)30-38/h1-30H/i1D,2D,3D,10D,11D,18D,19D,20D,21D,22D,23D,24D,25D. The summed E-state index contributed by atoms with van der Waals surface area (Å²) in [6.07, 6.45) is 0. The smallest absolute Gasteiger partial charge is 0.136 e. The van der Waals surface area contributed by atoms with E-state index >= 15 is 0 Å². The minimum atomic E-state index is -0.762. The lowest BCUT2D eigenvalue weighted by Crippen LogP contribution is -1.91. The zero-order chi connectivity index (χ0) is 43.6. The van der Waals surface area contributed by atoms with Crippen LogP contribution >= 0.6 is 0 Å². The molecule has 10 rings (SSSR count). The molecule has 0 amide bonds. The van der Waals surface area contributed by atoms with Crippen molar-refractivity contribution in [2.24, 2.45) is 0 Å². The van der Waals surface area contributed by atoms with Gasteiger partial charge in [-0.05, 0) is 101 Å². The molecule has 0 spiro atoms. The monoisotopic (exact) mass is 635 g/mol. The quantitative estimate of drug-likeness (QED) is 0.175. The minimum absolute atomic E-state index is 0.0199. The van der Waals surface area contributed by atoms with E-state index in [1.165, 1.54) is 0 Å². The molecule has 0 atom stereocenters. The molecule has 0 aliphatic carbocycles. The number of hydrogen-bond donors (Lipinski definition) is 0. The molecule has 1 heterocycles. The first-order valence-electron chi connectivity index (χ1n) is 22.3. The highest BCUT2D eigenvalue weighted by Crippen LogP contribution is 2.45. The van der Waals surface area contributed by atoms with E-state index in [0.717, 1.165) is 49.0 Å². The zero-order valence-electron chi connectivity index (χ0n) is 38.7. The van der Waals surface area contributed by atoms with Gasteiger partial charge < -0.3 is 4.42 Å². The third kappa shape index (κ3) is 4.55. The van der Waals surface area contributed by atoms with Gasteiger partial charge in [0.25, 0.3) is 0 Å². The Morgan fingerprint density at radius 3 is 1.35 bits per heavy atom. The number of furan rings is 1. The van der Waals surface area contributed by atoms with Crippen molar-refractivity contribution in [1.29, 1.82) is 0 Å². The van der Waals surface area contributed by atoms with Crippen molar-refractivity contribution in [3.63, 3.8) is 0 Å². The van der Waals surface area contributed by atoms with Gasteiger partial charge in [-0.2, -0.15) is 0 Å². The predicted octanol–water partition coefficient (Wildman–Crippen LogP) is 13.7. The number of hydrogen-bond acceptors (Lipinski definition) is 1. The molecule has 0 unspecified atom stereocenters. The van der Waals surface area contributed by atoms with Crippen LogP contribution in [0.3, 0.4) is 0 Å².